The summed E-state index contributed by atoms with van der Waals surface area (Å²) in [5, 5.41) is 14.9. The van der Waals surface area contributed by atoms with E-state index in [1.807, 2.05) is 26.0 Å². The van der Waals surface area contributed by atoms with Crippen LogP contribution in [0.3, 0.4) is 0 Å². The van der Waals surface area contributed by atoms with E-state index in [1.165, 1.54) is 7.11 Å². The summed E-state index contributed by atoms with van der Waals surface area (Å²) in [6.07, 6.45) is 1.69. The molecule has 0 atom stereocenters. The van der Waals surface area contributed by atoms with Gasteiger partial charge in [-0.3, -0.25) is 4.68 Å². The van der Waals surface area contributed by atoms with Gasteiger partial charge in [0.2, 0.25) is 12.2 Å². The van der Waals surface area contributed by atoms with Gasteiger partial charge in [0.25, 0.3) is 0 Å². The number of aliphatic hydroxyl groups is 1. The third-order valence-corrected chi connectivity index (χ3v) is 3.57. The van der Waals surface area contributed by atoms with Gasteiger partial charge in [0.05, 0.1) is 7.11 Å². The number of methoxy groups -OCH3 is 1. The lowest BCUT2D eigenvalue weighted by Crippen LogP contribution is -2.04. The van der Waals surface area contributed by atoms with Crippen LogP contribution in [-0.4, -0.2) is 56.5 Å². The highest BCUT2D eigenvalue weighted by atomic mass is 35.5. The molecule has 0 saturated carbocycles. The van der Waals surface area contributed by atoms with Gasteiger partial charge >= 0.3 is 5.97 Å². The molecule has 3 aromatic heterocycles. The minimum absolute atomic E-state index is 0.00143. The van der Waals surface area contributed by atoms with Crippen LogP contribution in [0.5, 0.6) is 0 Å². The fourth-order valence-electron chi connectivity index (χ4n) is 2.33. The molecule has 30 heavy (non-hydrogen) atoms. The smallest absolute Gasteiger partial charge is 0.360 e. The molecule has 3 aromatic rings. The number of nitrogens with one attached hydrogen (secondary N) is 1. The van der Waals surface area contributed by atoms with Gasteiger partial charge in [-0.2, -0.15) is 10.1 Å². The number of pyridine rings is 1. The van der Waals surface area contributed by atoms with E-state index in [9.17, 15) is 13.6 Å². The van der Waals surface area contributed by atoms with Crippen LogP contribution in [-0.2, 0) is 11.3 Å². The minimum atomic E-state index is -1.75. The maximum absolute atomic E-state index is 11.9. The molecule has 3 rings (SSSR count). The molecule has 0 radical (unpaired) electrons. The number of carbonyl (C=O) groups is 1. The van der Waals surface area contributed by atoms with E-state index in [0.717, 1.165) is 5.56 Å². The summed E-state index contributed by atoms with van der Waals surface area (Å²) in [5.41, 5.74) is 2.03. The number of halogens is 3. The van der Waals surface area contributed by atoms with E-state index in [4.69, 9.17) is 21.4 Å². The Morgan fingerprint density at radius 1 is 1.33 bits per heavy atom. The third-order valence-electron chi connectivity index (χ3n) is 3.40. The number of carbonyl (C=O) groups excluding carboxylic acids is 1. The highest BCUT2D eigenvalue weighted by Gasteiger charge is 2.23. The molecule has 0 fully saturated rings. The molecule has 0 aliphatic heterocycles. The van der Waals surface area contributed by atoms with Crippen molar-refractivity contribution < 1.29 is 23.4 Å². The third kappa shape index (κ3) is 6.56. The van der Waals surface area contributed by atoms with Crippen molar-refractivity contribution >= 4 is 40.2 Å². The van der Waals surface area contributed by atoms with Crippen molar-refractivity contribution in [3.05, 3.63) is 34.9 Å². The van der Waals surface area contributed by atoms with Gasteiger partial charge in [0.15, 0.2) is 11.5 Å². The molecule has 0 amide bonds. The van der Waals surface area contributed by atoms with Crippen molar-refractivity contribution in [2.45, 2.75) is 27.3 Å². The molecular formula is C18H23ClF2N6O3. The Bertz CT molecular complexity index is 968. The zero-order chi connectivity index (χ0) is 22.7. The highest BCUT2D eigenvalue weighted by molar-refractivity contribution is 6.29. The fourth-order valence-corrected chi connectivity index (χ4v) is 2.50. The van der Waals surface area contributed by atoms with Crippen LogP contribution < -0.4 is 5.32 Å². The number of nitrogens with zero attached hydrogens (tertiary/aromatic N) is 5. The zero-order valence-electron chi connectivity index (χ0n) is 17.0. The molecule has 0 aliphatic carbocycles. The van der Waals surface area contributed by atoms with E-state index >= 15 is 0 Å². The summed E-state index contributed by atoms with van der Waals surface area (Å²) < 4.78 is 25.6. The summed E-state index contributed by atoms with van der Waals surface area (Å²) in [4.78, 5) is 24.6. The van der Waals surface area contributed by atoms with E-state index in [1.54, 1.807) is 17.8 Å². The van der Waals surface area contributed by atoms with Gasteiger partial charge in [-0.25, -0.2) is 23.5 Å². The van der Waals surface area contributed by atoms with Crippen molar-refractivity contribution in [3.8, 4) is 0 Å². The number of aromatic nitrogens is 5. The molecule has 0 bridgehead atoms. The number of esters is 1. The Balaban J connectivity index is 0.000000672. The minimum Gasteiger partial charge on any atom is -0.464 e. The molecule has 164 valence electrons. The van der Waals surface area contributed by atoms with Crippen LogP contribution in [0, 0.1) is 6.92 Å². The Kier molecular flexibility index (Phi) is 10.6. The first-order valence-corrected chi connectivity index (χ1v) is 9.19. The van der Waals surface area contributed by atoms with Gasteiger partial charge in [0, 0.05) is 19.3 Å². The van der Waals surface area contributed by atoms with Crippen molar-refractivity contribution in [2.75, 3.05) is 26.0 Å². The number of ether oxygens (including phenoxy) is 1. The molecule has 0 aliphatic rings. The second-order valence-electron chi connectivity index (χ2n) is 5.46. The predicted molar refractivity (Wildman–Crippen MR) is 109 cm³/mol. The van der Waals surface area contributed by atoms with E-state index in [-0.39, 0.29) is 17.6 Å². The lowest BCUT2D eigenvalue weighted by Gasteiger charge is -2.08. The van der Waals surface area contributed by atoms with Gasteiger partial charge in [-0.05, 0) is 50.1 Å². The summed E-state index contributed by atoms with van der Waals surface area (Å²) in [5.74, 6) is 0.448. The first kappa shape index (κ1) is 25.1. The van der Waals surface area contributed by atoms with Crippen LogP contribution in [0.4, 0.5) is 20.4 Å². The highest BCUT2D eigenvalue weighted by Crippen LogP contribution is 2.27. The number of fused-ring (bicyclic) bond motifs is 1. The molecule has 0 aromatic carbocycles. The molecule has 2 N–H and O–H groups in total. The normalized spacial score (nSPS) is 9.87. The maximum Gasteiger partial charge on any atom is 0.360 e. The number of hydrogen-bond acceptors (Lipinski definition) is 8. The summed E-state index contributed by atoms with van der Waals surface area (Å²) in [6, 6.07) is 3.76. The van der Waals surface area contributed by atoms with Crippen molar-refractivity contribution in [1.29, 1.82) is 0 Å². The largest absolute Gasteiger partial charge is 0.464 e. The molecule has 9 nitrogen and oxygen atoms in total. The fraction of sp³-hybridized carbons (Fsp3) is 0.389. The first-order valence-electron chi connectivity index (χ1n) is 8.81. The van der Waals surface area contributed by atoms with Gasteiger partial charge < -0.3 is 15.2 Å². The number of rotatable bonds is 4. The molecule has 0 unspecified atom stereocenters. The maximum atomic E-state index is 11.9. The standard InChI is InChI=1S/C15H15ClN6O2.C2H6O.CH2F2/c1-4-22-12-10(11(21-22)14(23)24-3)19-15(16)20-13(12)18-9-7-8(2)5-6-17-9;1-2-3;2-1-3/h5-7H,4H2,1-3H3,(H,17,18,19,20);3H,2H2,1H3;1H2. The van der Waals surface area contributed by atoms with Crippen molar-refractivity contribution in [2.24, 2.45) is 0 Å². The lowest BCUT2D eigenvalue weighted by atomic mass is 10.3. The Morgan fingerprint density at radius 2 is 1.97 bits per heavy atom. The van der Waals surface area contributed by atoms with Crippen LogP contribution in [0.15, 0.2) is 18.3 Å². The average molecular weight is 445 g/mol. The molecule has 12 heteroatoms. The van der Waals surface area contributed by atoms with E-state index in [0.29, 0.717) is 29.2 Å². The van der Waals surface area contributed by atoms with Gasteiger partial charge in [0.1, 0.15) is 16.9 Å². The summed E-state index contributed by atoms with van der Waals surface area (Å²) in [7, 11) is 1.29. The second-order valence-corrected chi connectivity index (χ2v) is 5.79. The predicted octanol–water partition coefficient (Wildman–Crippen LogP) is 3.61. The Hall–Kier alpha value is -2.92. The molecule has 0 spiro atoms. The SMILES string of the molecule is CCO.CCn1nc(C(=O)OC)c2nc(Cl)nc(Nc3cc(C)ccn3)c21.FCF. The summed E-state index contributed by atoms with van der Waals surface area (Å²) in [6.45, 7) is 4.56. The number of aliphatic hydroxyl groups excluding tert-OH is 1. The molecule has 3 heterocycles. The van der Waals surface area contributed by atoms with Crippen LogP contribution in [0.25, 0.3) is 11.0 Å². The van der Waals surface area contributed by atoms with Crippen LogP contribution in [0.2, 0.25) is 5.28 Å². The Morgan fingerprint density at radius 3 is 2.50 bits per heavy atom. The monoisotopic (exact) mass is 444 g/mol. The lowest BCUT2D eigenvalue weighted by molar-refractivity contribution is 0.0595. The number of aryl methyl sites for hydroxylation is 2. The molecule has 0 saturated heterocycles. The Labute approximate surface area is 177 Å². The zero-order valence-corrected chi connectivity index (χ0v) is 17.7. The van der Waals surface area contributed by atoms with E-state index < -0.39 is 12.9 Å². The van der Waals surface area contributed by atoms with Crippen LogP contribution in [0.1, 0.15) is 29.9 Å². The first-order chi connectivity index (χ1) is 14.4. The van der Waals surface area contributed by atoms with Gasteiger partial charge in [-0.15, -0.1) is 0 Å². The topological polar surface area (TPSA) is 115 Å². The average Bonchev–Trinajstić information content (AvgIpc) is 3.07. The molecular weight excluding hydrogens is 422 g/mol. The van der Waals surface area contributed by atoms with Gasteiger partial charge in [-0.1, -0.05) is 0 Å². The second kappa shape index (κ2) is 12.6. The number of alkyl halides is 2. The number of anilines is 2. The van der Waals surface area contributed by atoms with Crippen molar-refractivity contribution in [3.63, 3.8) is 0 Å². The summed E-state index contributed by atoms with van der Waals surface area (Å²) >= 11 is 6.02. The van der Waals surface area contributed by atoms with Crippen LogP contribution >= 0.6 is 11.6 Å². The number of hydrogen-bond donors (Lipinski definition) is 2. The quantitative estimate of drug-likeness (QED) is 0.463. The van der Waals surface area contributed by atoms with E-state index in [2.05, 4.69) is 25.4 Å². The van der Waals surface area contributed by atoms with Crippen molar-refractivity contribution in [1.82, 2.24) is 24.7 Å².